The number of nitrogens with zero attached hydrogens (tertiary/aromatic N) is 1. The summed E-state index contributed by atoms with van der Waals surface area (Å²) in [6.07, 6.45) is 19.9. The van der Waals surface area contributed by atoms with Crippen molar-refractivity contribution in [3.05, 3.63) is 108 Å². The highest BCUT2D eigenvalue weighted by Crippen LogP contribution is 2.78. The van der Waals surface area contributed by atoms with E-state index in [0.29, 0.717) is 43.0 Å². The number of Topliss-reactive ketones (excluding diaryl/α,β-unsaturated/α-hetero) is 1. The van der Waals surface area contributed by atoms with E-state index in [-0.39, 0.29) is 40.8 Å². The van der Waals surface area contributed by atoms with Crippen LogP contribution in [-0.4, -0.2) is 65.8 Å². The van der Waals surface area contributed by atoms with Gasteiger partial charge >= 0.3 is 0 Å². The number of amides is 1. The number of ketones is 1. The first-order valence-corrected chi connectivity index (χ1v) is 24.3. The first-order chi connectivity index (χ1) is 30.2. The first kappa shape index (κ1) is 41.5. The number of benzene rings is 3. The van der Waals surface area contributed by atoms with Crippen molar-refractivity contribution >= 4 is 11.7 Å². The first-order valence-electron chi connectivity index (χ1n) is 24.3. The number of carbonyl (C=O) groups is 2. The van der Waals surface area contributed by atoms with E-state index in [1.807, 2.05) is 48.5 Å². The zero-order valence-corrected chi connectivity index (χ0v) is 37.9. The topological polar surface area (TPSA) is 96.3 Å². The predicted molar refractivity (Wildman–Crippen MR) is 245 cm³/mol. The van der Waals surface area contributed by atoms with E-state index in [2.05, 4.69) is 61.2 Å². The van der Waals surface area contributed by atoms with Crippen LogP contribution >= 0.6 is 0 Å². The van der Waals surface area contributed by atoms with E-state index in [1.54, 1.807) is 14.2 Å². The smallest absolute Gasteiger partial charge is 0.227 e. The van der Waals surface area contributed by atoms with Gasteiger partial charge in [-0.15, -0.1) is 0 Å². The summed E-state index contributed by atoms with van der Waals surface area (Å²) in [7, 11) is 3.26. The SMILES string of the molecule is COc1ccc(CC(=O)N(CC23CC4CC(CC(C4)C2)C3)C[C@]2(O)CC[C@H]3[C@]45C=C[C@@]6(C=C4C(=O)c4ccc(-c7ccccc7)cc4)CC(O)CC[C@]6(C)[C@H]5CC[C@@]32C)cc1OC. The van der Waals surface area contributed by atoms with Crippen LogP contribution in [0.15, 0.2) is 96.6 Å². The number of allylic oxidation sites excluding steroid dienone is 4. The van der Waals surface area contributed by atoms with Gasteiger partial charge in [0.2, 0.25) is 5.91 Å². The molecular formula is C56H67NO6. The van der Waals surface area contributed by atoms with Gasteiger partial charge in [-0.05, 0) is 153 Å². The summed E-state index contributed by atoms with van der Waals surface area (Å²) in [6, 6.07) is 24.2. The second kappa shape index (κ2) is 14.7. The standard InChI is InChI=1S/C56H67NO6/c1-51-19-16-43(58)32-54(51)22-23-56(44(33-54)50(60)42-13-11-41(12-14-42)40-8-6-5-7-9-40)47(51)17-20-52(2)48(56)18-21-55(52,61)35-57(34-53-29-37-24-38(30-53)26-39(25-37)31-53)49(59)28-36-10-15-45(62-3)46(27-36)63-4/h5-15,22-23,27,33,37-39,43,47-48,58,61H,16-21,24-26,28-32,34-35H2,1-4H3/t37?,38?,39?,43?,47-,48-,51-,52+,53?,54+,55-,56-/m1/s1. The molecule has 2 N–H and O–H groups in total. The van der Waals surface area contributed by atoms with Gasteiger partial charge in [-0.2, -0.15) is 0 Å². The highest BCUT2D eigenvalue weighted by Gasteiger charge is 2.74. The van der Waals surface area contributed by atoms with E-state index >= 15 is 9.59 Å². The highest BCUT2D eigenvalue weighted by molar-refractivity contribution is 6.10. The van der Waals surface area contributed by atoms with Crippen molar-refractivity contribution < 1.29 is 29.3 Å². The van der Waals surface area contributed by atoms with Crippen LogP contribution in [0.5, 0.6) is 11.5 Å². The molecule has 10 aliphatic carbocycles. The van der Waals surface area contributed by atoms with E-state index < -0.39 is 27.9 Å². The Labute approximate surface area is 374 Å². The lowest BCUT2D eigenvalue weighted by Crippen LogP contribution is -2.67. The van der Waals surface area contributed by atoms with Crippen molar-refractivity contribution in [3.8, 4) is 22.6 Å². The zero-order chi connectivity index (χ0) is 43.6. The zero-order valence-electron chi connectivity index (χ0n) is 37.9. The average molecular weight is 850 g/mol. The van der Waals surface area contributed by atoms with Gasteiger partial charge in [-0.3, -0.25) is 9.59 Å². The Morgan fingerprint density at radius 2 is 1.35 bits per heavy atom. The van der Waals surface area contributed by atoms with Crippen LogP contribution in [0.25, 0.3) is 11.1 Å². The molecule has 332 valence electrons. The minimum atomic E-state index is -1.14. The van der Waals surface area contributed by atoms with Crippen molar-refractivity contribution in [2.24, 2.45) is 56.7 Å². The molecule has 10 aliphatic rings. The predicted octanol–water partition coefficient (Wildman–Crippen LogP) is 10.4. The lowest BCUT2D eigenvalue weighted by molar-refractivity contribution is -0.181. The van der Waals surface area contributed by atoms with Crippen LogP contribution in [0.3, 0.4) is 0 Å². The Balaban J connectivity index is 0.958. The third-order valence-electron chi connectivity index (χ3n) is 19.5. The van der Waals surface area contributed by atoms with Crippen LogP contribution in [0, 0.1) is 56.7 Å². The second-order valence-corrected chi connectivity index (χ2v) is 22.6. The Morgan fingerprint density at radius 1 is 0.714 bits per heavy atom. The maximum atomic E-state index is 15.4. The molecule has 1 unspecified atom stereocenters. The van der Waals surface area contributed by atoms with Gasteiger partial charge < -0.3 is 24.6 Å². The molecular weight excluding hydrogens is 783 g/mol. The Kier molecular flexibility index (Phi) is 9.65. The van der Waals surface area contributed by atoms with E-state index in [9.17, 15) is 10.2 Å². The third-order valence-corrected chi connectivity index (χ3v) is 19.5. The number of rotatable bonds is 11. The van der Waals surface area contributed by atoms with Gasteiger partial charge in [0.15, 0.2) is 17.3 Å². The maximum absolute atomic E-state index is 15.4. The van der Waals surface area contributed by atoms with Crippen LogP contribution < -0.4 is 9.47 Å². The minimum absolute atomic E-state index is 0.00752. The molecule has 13 rings (SSSR count). The monoisotopic (exact) mass is 849 g/mol. The van der Waals surface area contributed by atoms with Crippen molar-refractivity contribution in [2.75, 3.05) is 27.3 Å². The van der Waals surface area contributed by atoms with Crippen LogP contribution in [-0.2, 0) is 11.2 Å². The highest BCUT2D eigenvalue weighted by atomic mass is 16.5. The van der Waals surface area contributed by atoms with Crippen molar-refractivity contribution in [3.63, 3.8) is 0 Å². The minimum Gasteiger partial charge on any atom is -0.493 e. The molecule has 0 saturated heterocycles. The van der Waals surface area contributed by atoms with E-state index in [0.717, 1.165) is 72.1 Å². The number of hydrogen-bond donors (Lipinski definition) is 2. The summed E-state index contributed by atoms with van der Waals surface area (Å²) >= 11 is 0. The van der Waals surface area contributed by atoms with E-state index in [4.69, 9.17) is 9.47 Å². The number of methoxy groups -OCH3 is 2. The average Bonchev–Trinajstić information content (AvgIpc) is 3.55. The molecule has 7 nitrogen and oxygen atoms in total. The third kappa shape index (κ3) is 6.17. The molecule has 2 spiro atoms. The van der Waals surface area contributed by atoms with Crippen molar-refractivity contribution in [2.45, 2.75) is 115 Å². The van der Waals surface area contributed by atoms with Crippen LogP contribution in [0.2, 0.25) is 0 Å². The number of carbonyl (C=O) groups excluding carboxylic acids is 2. The molecule has 1 amide bonds. The lowest BCUT2D eigenvalue weighted by Gasteiger charge is -2.71. The van der Waals surface area contributed by atoms with Gasteiger partial charge in [0.1, 0.15) is 0 Å². The lowest BCUT2D eigenvalue weighted by atomic mass is 9.32. The molecule has 7 saturated carbocycles. The summed E-state index contributed by atoms with van der Waals surface area (Å²) in [6.45, 7) is 5.76. The summed E-state index contributed by atoms with van der Waals surface area (Å²) in [4.78, 5) is 32.5. The fourth-order valence-electron chi connectivity index (χ4n) is 16.9. The second-order valence-electron chi connectivity index (χ2n) is 22.6. The van der Waals surface area contributed by atoms with Crippen LogP contribution in [0.4, 0.5) is 0 Å². The number of fused-ring (bicyclic) bond motifs is 1. The number of ether oxygens (including phenoxy) is 2. The Morgan fingerprint density at radius 3 is 2.03 bits per heavy atom. The van der Waals surface area contributed by atoms with Gasteiger partial charge in [-0.25, -0.2) is 0 Å². The van der Waals surface area contributed by atoms with Gasteiger partial charge in [0, 0.05) is 40.5 Å². The summed E-state index contributed by atoms with van der Waals surface area (Å²) < 4.78 is 11.2. The summed E-state index contributed by atoms with van der Waals surface area (Å²) in [5.74, 6) is 3.84. The summed E-state index contributed by atoms with van der Waals surface area (Å²) in [5, 5.41) is 24.9. The molecule has 7 fully saturated rings. The normalized spacial score (nSPS) is 40.1. The summed E-state index contributed by atoms with van der Waals surface area (Å²) in [5.41, 5.74) is 1.95. The van der Waals surface area contributed by atoms with Crippen LogP contribution in [0.1, 0.15) is 113 Å². The van der Waals surface area contributed by atoms with Gasteiger partial charge in [0.25, 0.3) is 0 Å². The van der Waals surface area contributed by atoms with Gasteiger partial charge in [-0.1, -0.05) is 92.7 Å². The molecule has 0 aromatic heterocycles. The fourth-order valence-corrected chi connectivity index (χ4v) is 16.9. The van der Waals surface area contributed by atoms with E-state index in [1.165, 1.54) is 38.5 Å². The number of hydrogen-bond acceptors (Lipinski definition) is 6. The number of aliphatic hydroxyl groups excluding tert-OH is 1. The maximum Gasteiger partial charge on any atom is 0.227 e. The molecule has 0 aliphatic heterocycles. The Bertz CT molecular complexity index is 2330. The molecule has 3 aromatic carbocycles. The quantitative estimate of drug-likeness (QED) is 0.147. The molecule has 0 radical (unpaired) electrons. The van der Waals surface area contributed by atoms with Crippen molar-refractivity contribution in [1.82, 2.24) is 4.90 Å². The van der Waals surface area contributed by atoms with Crippen molar-refractivity contribution in [1.29, 1.82) is 0 Å². The number of aliphatic hydroxyl groups is 2. The molecule has 8 atom stereocenters. The largest absolute Gasteiger partial charge is 0.493 e. The Hall–Kier alpha value is -4.20. The molecule has 3 aromatic rings. The molecule has 7 heteroatoms. The molecule has 6 bridgehead atoms. The molecule has 63 heavy (non-hydrogen) atoms. The molecule has 0 heterocycles. The fraction of sp³-hybridized carbons (Fsp3) is 0.571. The van der Waals surface area contributed by atoms with Gasteiger partial charge in [0.05, 0.1) is 32.3 Å².